The van der Waals surface area contributed by atoms with Crippen molar-refractivity contribution >= 4 is 23.4 Å². The smallest absolute Gasteiger partial charge is 0.120 e. The van der Waals surface area contributed by atoms with E-state index in [0.717, 1.165) is 26.7 Å². The van der Waals surface area contributed by atoms with Gasteiger partial charge in [-0.05, 0) is 47.9 Å². The Bertz CT molecular complexity index is 935. The number of hydrogen-bond acceptors (Lipinski definition) is 5. The lowest BCUT2D eigenvalue weighted by Gasteiger charge is -2.19. The van der Waals surface area contributed by atoms with Crippen molar-refractivity contribution in [2.75, 3.05) is 13.2 Å². The molecule has 0 aliphatic carbocycles. The molecular weight excluding hydrogens is 418 g/mol. The van der Waals surface area contributed by atoms with Crippen LogP contribution in [0.25, 0.3) is 0 Å². The summed E-state index contributed by atoms with van der Waals surface area (Å²) in [6, 6.07) is 23.5. The molecule has 0 aliphatic rings. The second-order valence-corrected chi connectivity index (χ2v) is 8.66. The van der Waals surface area contributed by atoms with E-state index in [1.165, 1.54) is 0 Å². The fourth-order valence-electron chi connectivity index (χ4n) is 3.07. The molecule has 0 fully saturated rings. The Hall–Kier alpha value is -2.02. The normalized spacial score (nSPS) is 12.2. The van der Waals surface area contributed by atoms with Crippen LogP contribution in [0.1, 0.15) is 23.6 Å². The third-order valence-electron chi connectivity index (χ3n) is 4.76. The maximum absolute atomic E-state index is 9.26. The highest BCUT2D eigenvalue weighted by Gasteiger charge is 2.16. The molecule has 0 saturated carbocycles. The summed E-state index contributed by atoms with van der Waals surface area (Å²) in [5.74, 6) is 0.566. The molecule has 0 aliphatic heterocycles. The molecule has 3 aromatic rings. The van der Waals surface area contributed by atoms with Gasteiger partial charge in [0.25, 0.3) is 0 Å². The monoisotopic (exact) mass is 443 g/mol. The second-order valence-electron chi connectivity index (χ2n) is 7.11. The van der Waals surface area contributed by atoms with Crippen molar-refractivity contribution in [1.29, 1.82) is 0 Å². The quantitative estimate of drug-likeness (QED) is 0.408. The Labute approximate surface area is 186 Å². The van der Waals surface area contributed by atoms with Gasteiger partial charge in [-0.25, -0.2) is 0 Å². The number of aliphatic hydroxyl groups is 2. The third-order valence-corrected chi connectivity index (χ3v) is 6.07. The summed E-state index contributed by atoms with van der Waals surface area (Å²) in [4.78, 5) is 2.05. The molecule has 0 bridgehead atoms. The van der Waals surface area contributed by atoms with E-state index in [2.05, 4.69) is 0 Å². The minimum atomic E-state index is -0.337. The standard InChI is InChI=1S/C24H26ClNO3S/c25-23-13-21(9-10-22(23)24(26)11-18(14-27)15-28)30-20-8-4-7-19(12-20)29-16-17-5-2-1-3-6-17/h1-10,12-13,18,24,27-28H,11,14-16,26H2. The van der Waals surface area contributed by atoms with Gasteiger partial charge in [0.15, 0.2) is 0 Å². The van der Waals surface area contributed by atoms with Crippen LogP contribution in [0.3, 0.4) is 0 Å². The molecule has 3 aromatic carbocycles. The molecule has 6 heteroatoms. The average Bonchev–Trinajstić information content (AvgIpc) is 2.77. The first-order valence-electron chi connectivity index (χ1n) is 9.80. The van der Waals surface area contributed by atoms with E-state index >= 15 is 0 Å². The zero-order chi connectivity index (χ0) is 21.3. The molecule has 0 saturated heterocycles. The zero-order valence-corrected chi connectivity index (χ0v) is 18.1. The van der Waals surface area contributed by atoms with Crippen LogP contribution in [0.5, 0.6) is 5.75 Å². The topological polar surface area (TPSA) is 75.7 Å². The summed E-state index contributed by atoms with van der Waals surface area (Å²) in [6.45, 7) is 0.326. The van der Waals surface area contributed by atoms with E-state index < -0.39 is 0 Å². The Morgan fingerprint density at radius 3 is 2.33 bits per heavy atom. The van der Waals surface area contributed by atoms with Crippen LogP contribution in [0, 0.1) is 5.92 Å². The molecule has 0 heterocycles. The number of rotatable bonds is 10. The first kappa shape index (κ1) is 22.7. The van der Waals surface area contributed by atoms with Crippen molar-refractivity contribution in [3.63, 3.8) is 0 Å². The van der Waals surface area contributed by atoms with Crippen LogP contribution < -0.4 is 10.5 Å². The molecule has 1 atom stereocenters. The number of ether oxygens (including phenoxy) is 1. The molecule has 30 heavy (non-hydrogen) atoms. The van der Waals surface area contributed by atoms with Crippen molar-refractivity contribution < 1.29 is 14.9 Å². The summed E-state index contributed by atoms with van der Waals surface area (Å²) in [5, 5.41) is 19.1. The summed E-state index contributed by atoms with van der Waals surface area (Å²) in [6.07, 6.45) is 0.472. The van der Waals surface area contributed by atoms with Gasteiger partial charge in [-0.1, -0.05) is 65.8 Å². The largest absolute Gasteiger partial charge is 0.489 e. The van der Waals surface area contributed by atoms with Gasteiger partial charge in [0.1, 0.15) is 12.4 Å². The van der Waals surface area contributed by atoms with Gasteiger partial charge in [-0.3, -0.25) is 0 Å². The van der Waals surface area contributed by atoms with E-state index in [1.54, 1.807) is 11.8 Å². The van der Waals surface area contributed by atoms with E-state index in [4.69, 9.17) is 22.1 Å². The maximum Gasteiger partial charge on any atom is 0.120 e. The van der Waals surface area contributed by atoms with Crippen LogP contribution in [-0.2, 0) is 6.61 Å². The number of nitrogens with two attached hydrogens (primary N) is 1. The molecule has 3 rings (SSSR count). The lowest BCUT2D eigenvalue weighted by atomic mass is 9.96. The minimum absolute atomic E-state index is 0.0988. The third kappa shape index (κ3) is 6.49. The molecule has 4 N–H and O–H groups in total. The number of hydrogen-bond donors (Lipinski definition) is 3. The Morgan fingerprint density at radius 2 is 1.63 bits per heavy atom. The van der Waals surface area contributed by atoms with Gasteiger partial charge >= 0.3 is 0 Å². The highest BCUT2D eigenvalue weighted by molar-refractivity contribution is 7.99. The lowest BCUT2D eigenvalue weighted by Crippen LogP contribution is -2.20. The summed E-state index contributed by atoms with van der Waals surface area (Å²) >= 11 is 8.06. The van der Waals surface area contributed by atoms with Crippen LogP contribution in [-0.4, -0.2) is 23.4 Å². The van der Waals surface area contributed by atoms with Gasteiger partial charge in [0.05, 0.1) is 0 Å². The molecule has 0 aromatic heterocycles. The van der Waals surface area contributed by atoms with Crippen molar-refractivity contribution in [2.45, 2.75) is 28.9 Å². The molecular formula is C24H26ClNO3S. The van der Waals surface area contributed by atoms with Crippen molar-refractivity contribution in [3.05, 3.63) is 88.9 Å². The van der Waals surface area contributed by atoms with Gasteiger partial charge in [0.2, 0.25) is 0 Å². The van der Waals surface area contributed by atoms with Crippen molar-refractivity contribution in [3.8, 4) is 5.75 Å². The van der Waals surface area contributed by atoms with E-state index in [-0.39, 0.29) is 25.2 Å². The summed E-state index contributed by atoms with van der Waals surface area (Å²) in [5.41, 5.74) is 8.16. The molecule has 158 valence electrons. The Balaban J connectivity index is 1.64. The van der Waals surface area contributed by atoms with E-state index in [9.17, 15) is 10.2 Å². The van der Waals surface area contributed by atoms with Gasteiger partial charge in [-0.15, -0.1) is 0 Å². The molecule has 0 amide bonds. The van der Waals surface area contributed by atoms with Crippen LogP contribution in [0.15, 0.2) is 82.6 Å². The fraction of sp³-hybridized carbons (Fsp3) is 0.250. The number of aliphatic hydroxyl groups excluding tert-OH is 2. The van der Waals surface area contributed by atoms with Gasteiger partial charge in [0, 0.05) is 40.0 Å². The molecule has 4 nitrogen and oxygen atoms in total. The zero-order valence-electron chi connectivity index (χ0n) is 16.6. The molecule has 1 unspecified atom stereocenters. The Kier molecular flexibility index (Phi) is 8.61. The summed E-state index contributed by atoms with van der Waals surface area (Å²) in [7, 11) is 0. The van der Waals surface area contributed by atoms with Crippen LogP contribution in [0.4, 0.5) is 0 Å². The summed E-state index contributed by atoms with van der Waals surface area (Å²) < 4.78 is 5.91. The first-order chi connectivity index (χ1) is 14.6. The maximum atomic E-state index is 9.26. The first-order valence-corrected chi connectivity index (χ1v) is 11.0. The van der Waals surface area contributed by atoms with E-state index in [1.807, 2.05) is 72.8 Å². The lowest BCUT2D eigenvalue weighted by molar-refractivity contribution is 0.138. The fourth-order valence-corrected chi connectivity index (χ4v) is 4.36. The predicted molar refractivity (Wildman–Crippen MR) is 122 cm³/mol. The van der Waals surface area contributed by atoms with Crippen molar-refractivity contribution in [2.24, 2.45) is 11.7 Å². The second kappa shape index (κ2) is 11.4. The van der Waals surface area contributed by atoms with E-state index in [0.29, 0.717) is 18.1 Å². The Morgan fingerprint density at radius 1 is 0.900 bits per heavy atom. The number of benzene rings is 3. The predicted octanol–water partition coefficient (Wildman–Crippen LogP) is 5.06. The highest BCUT2D eigenvalue weighted by Crippen LogP contribution is 2.35. The molecule has 0 radical (unpaired) electrons. The number of halogens is 1. The van der Waals surface area contributed by atoms with Crippen LogP contribution >= 0.6 is 23.4 Å². The SMILES string of the molecule is NC(CC(CO)CO)c1ccc(Sc2cccc(OCc3ccccc3)c2)cc1Cl. The highest BCUT2D eigenvalue weighted by atomic mass is 35.5. The minimum Gasteiger partial charge on any atom is -0.489 e. The van der Waals surface area contributed by atoms with Crippen LogP contribution in [0.2, 0.25) is 5.02 Å². The average molecular weight is 444 g/mol. The van der Waals surface area contributed by atoms with Gasteiger partial charge < -0.3 is 20.7 Å². The molecule has 0 spiro atoms. The van der Waals surface area contributed by atoms with Gasteiger partial charge in [-0.2, -0.15) is 0 Å². The van der Waals surface area contributed by atoms with Crippen molar-refractivity contribution in [1.82, 2.24) is 0 Å².